The van der Waals surface area contributed by atoms with Crippen molar-refractivity contribution in [3.8, 4) is 5.75 Å². The van der Waals surface area contributed by atoms with Crippen molar-refractivity contribution < 1.29 is 31.1 Å². The number of amides is 1. The summed E-state index contributed by atoms with van der Waals surface area (Å²) in [5.74, 6) is -0.653. The molecule has 0 bridgehead atoms. The van der Waals surface area contributed by atoms with Crippen molar-refractivity contribution in [3.05, 3.63) is 89.5 Å². The van der Waals surface area contributed by atoms with Gasteiger partial charge in [0.2, 0.25) is 0 Å². The largest absolute Gasteiger partial charge is 0.495 e. The van der Waals surface area contributed by atoms with E-state index >= 15 is 0 Å². The number of rotatable bonds is 8. The van der Waals surface area contributed by atoms with Crippen LogP contribution in [0.2, 0.25) is 0 Å². The van der Waals surface area contributed by atoms with Crippen molar-refractivity contribution in [1.29, 1.82) is 0 Å². The van der Waals surface area contributed by atoms with Gasteiger partial charge in [0.15, 0.2) is 0 Å². The molecule has 0 unspecified atom stereocenters. The third-order valence-corrected chi connectivity index (χ3v) is 6.65. The van der Waals surface area contributed by atoms with E-state index in [-0.39, 0.29) is 21.9 Å². The molecule has 1 N–H and O–H groups in total. The fourth-order valence-electron chi connectivity index (χ4n) is 3.22. The number of ether oxygens (including phenoxy) is 1. The lowest BCUT2D eigenvalue weighted by Gasteiger charge is -2.25. The summed E-state index contributed by atoms with van der Waals surface area (Å²) in [5, 5.41) is 3.60. The van der Waals surface area contributed by atoms with Gasteiger partial charge in [0.05, 0.1) is 29.5 Å². The molecule has 0 atom stereocenters. The zero-order valence-electron chi connectivity index (χ0n) is 18.8. The maximum Gasteiger partial charge on any atom is 0.417 e. The second-order valence-corrected chi connectivity index (χ2v) is 9.24. The third-order valence-electron chi connectivity index (χ3n) is 4.88. The molecule has 0 heterocycles. The van der Waals surface area contributed by atoms with E-state index in [0.29, 0.717) is 0 Å². The first-order valence-electron chi connectivity index (χ1n) is 10.2. The molecule has 7 nitrogen and oxygen atoms in total. The highest BCUT2D eigenvalue weighted by Crippen LogP contribution is 2.33. The van der Waals surface area contributed by atoms with Gasteiger partial charge in [0.1, 0.15) is 12.3 Å². The summed E-state index contributed by atoms with van der Waals surface area (Å²) in [6, 6.07) is 17.1. The van der Waals surface area contributed by atoms with Crippen LogP contribution in [0, 0.1) is 6.92 Å². The van der Waals surface area contributed by atoms with Crippen LogP contribution in [0.15, 0.2) is 82.8 Å². The van der Waals surface area contributed by atoms with Gasteiger partial charge in [-0.3, -0.25) is 9.10 Å². The Balaban J connectivity index is 1.92. The molecular weight excluding hydrogens is 483 g/mol. The Morgan fingerprint density at radius 2 is 1.71 bits per heavy atom. The zero-order chi connectivity index (χ0) is 25.6. The van der Waals surface area contributed by atoms with E-state index in [1.54, 1.807) is 43.3 Å². The van der Waals surface area contributed by atoms with Crippen molar-refractivity contribution in [2.24, 2.45) is 5.10 Å². The minimum Gasteiger partial charge on any atom is -0.495 e. The molecule has 0 saturated heterocycles. The van der Waals surface area contributed by atoms with Crippen LogP contribution in [0.25, 0.3) is 0 Å². The Labute approximate surface area is 200 Å². The maximum atomic E-state index is 13.4. The molecule has 0 spiro atoms. The molecule has 11 heteroatoms. The fourth-order valence-corrected chi connectivity index (χ4v) is 4.67. The molecule has 184 valence electrons. The van der Waals surface area contributed by atoms with Crippen LogP contribution in [-0.4, -0.2) is 34.2 Å². The summed E-state index contributed by atoms with van der Waals surface area (Å²) in [7, 11) is -2.84. The minimum atomic E-state index is -4.60. The van der Waals surface area contributed by atoms with Gasteiger partial charge in [-0.15, -0.1) is 0 Å². The number of anilines is 1. The second-order valence-electron chi connectivity index (χ2n) is 7.38. The molecule has 0 aliphatic carbocycles. The number of benzene rings is 3. The number of methoxy groups -OCH3 is 1. The molecule has 35 heavy (non-hydrogen) atoms. The number of hydrazone groups is 1. The van der Waals surface area contributed by atoms with Gasteiger partial charge in [-0.05, 0) is 42.8 Å². The third kappa shape index (κ3) is 6.18. The summed E-state index contributed by atoms with van der Waals surface area (Å²) in [6.07, 6.45) is -3.75. The summed E-state index contributed by atoms with van der Waals surface area (Å²) < 4.78 is 72.5. The minimum absolute atomic E-state index is 0.0565. The second kappa shape index (κ2) is 10.6. The van der Waals surface area contributed by atoms with E-state index < -0.39 is 34.2 Å². The average Bonchev–Trinajstić information content (AvgIpc) is 2.82. The summed E-state index contributed by atoms with van der Waals surface area (Å²) in [4.78, 5) is 12.6. The van der Waals surface area contributed by atoms with Gasteiger partial charge in [-0.2, -0.15) is 18.3 Å². The molecular formula is C24H22F3N3O4S. The quantitative estimate of drug-likeness (QED) is 0.364. The first kappa shape index (κ1) is 25.8. The first-order chi connectivity index (χ1) is 16.5. The monoisotopic (exact) mass is 505 g/mol. The van der Waals surface area contributed by atoms with E-state index in [2.05, 4.69) is 10.5 Å². The van der Waals surface area contributed by atoms with Crippen molar-refractivity contribution in [2.45, 2.75) is 18.0 Å². The van der Waals surface area contributed by atoms with Crippen LogP contribution in [0.1, 0.15) is 16.7 Å². The fraction of sp³-hybridized carbons (Fsp3) is 0.167. The molecule has 0 saturated carbocycles. The first-order valence-corrected chi connectivity index (χ1v) is 11.7. The van der Waals surface area contributed by atoms with E-state index in [1.807, 2.05) is 0 Å². The number of alkyl halides is 3. The Bertz CT molecular complexity index is 1330. The molecule has 0 aliphatic rings. The molecule has 0 radical (unpaired) electrons. The van der Waals surface area contributed by atoms with E-state index in [1.165, 1.54) is 37.4 Å². The predicted octanol–water partition coefficient (Wildman–Crippen LogP) is 4.37. The zero-order valence-corrected chi connectivity index (χ0v) is 19.6. The van der Waals surface area contributed by atoms with Crippen molar-refractivity contribution in [1.82, 2.24) is 5.43 Å². The number of hydrogen-bond acceptors (Lipinski definition) is 5. The highest BCUT2D eigenvalue weighted by atomic mass is 32.2. The Hall–Kier alpha value is -3.86. The van der Waals surface area contributed by atoms with Crippen molar-refractivity contribution in [2.75, 3.05) is 18.0 Å². The molecule has 3 aromatic carbocycles. The van der Waals surface area contributed by atoms with Gasteiger partial charge in [-0.25, -0.2) is 13.8 Å². The van der Waals surface area contributed by atoms with Crippen LogP contribution >= 0.6 is 0 Å². The number of halogens is 3. The van der Waals surface area contributed by atoms with Gasteiger partial charge in [0.25, 0.3) is 15.9 Å². The lowest BCUT2D eigenvalue weighted by atomic mass is 10.1. The lowest BCUT2D eigenvalue weighted by Crippen LogP contribution is -2.39. The number of carbonyl (C=O) groups excluding carboxylic acids is 1. The molecule has 3 aromatic rings. The van der Waals surface area contributed by atoms with Crippen LogP contribution in [-0.2, 0) is 21.0 Å². The number of sulfonamides is 1. The van der Waals surface area contributed by atoms with Gasteiger partial charge < -0.3 is 4.74 Å². The number of nitrogens with one attached hydrogen (secondary N) is 1. The molecule has 1 amide bonds. The summed E-state index contributed by atoms with van der Waals surface area (Å²) >= 11 is 0. The van der Waals surface area contributed by atoms with Gasteiger partial charge >= 0.3 is 6.18 Å². The predicted molar refractivity (Wildman–Crippen MR) is 126 cm³/mol. The topological polar surface area (TPSA) is 88.1 Å². The number of nitrogens with zero attached hydrogens (tertiary/aromatic N) is 2. The van der Waals surface area contributed by atoms with Crippen molar-refractivity contribution in [3.63, 3.8) is 0 Å². The van der Waals surface area contributed by atoms with E-state index in [4.69, 9.17) is 4.74 Å². The maximum absolute atomic E-state index is 13.4. The molecule has 0 aromatic heterocycles. The highest BCUT2D eigenvalue weighted by molar-refractivity contribution is 7.92. The number of carbonyl (C=O) groups is 1. The average molecular weight is 506 g/mol. The number of aryl methyl sites for hydroxylation is 1. The van der Waals surface area contributed by atoms with E-state index in [0.717, 1.165) is 22.1 Å². The summed E-state index contributed by atoms with van der Waals surface area (Å²) in [6.45, 7) is 1.05. The molecule has 0 fully saturated rings. The lowest BCUT2D eigenvalue weighted by molar-refractivity contribution is -0.137. The highest BCUT2D eigenvalue weighted by Gasteiger charge is 2.33. The van der Waals surface area contributed by atoms with Gasteiger partial charge in [-0.1, -0.05) is 42.5 Å². The Kier molecular flexibility index (Phi) is 7.80. The summed E-state index contributed by atoms with van der Waals surface area (Å²) in [5.41, 5.74) is 1.77. The Morgan fingerprint density at radius 3 is 2.37 bits per heavy atom. The van der Waals surface area contributed by atoms with Gasteiger partial charge in [0, 0.05) is 5.56 Å². The number of hydrogen-bond donors (Lipinski definition) is 1. The molecule has 3 rings (SSSR count). The van der Waals surface area contributed by atoms with Crippen LogP contribution in [0.3, 0.4) is 0 Å². The normalized spacial score (nSPS) is 11.9. The SMILES string of the molecule is COc1ccc(C)cc1N(CC(=O)N/N=C\c1ccccc1C(F)(F)F)S(=O)(=O)c1ccccc1. The molecule has 0 aliphatic heterocycles. The van der Waals surface area contributed by atoms with Crippen LogP contribution in [0.5, 0.6) is 5.75 Å². The van der Waals surface area contributed by atoms with Crippen LogP contribution < -0.4 is 14.5 Å². The Morgan fingerprint density at radius 1 is 1.06 bits per heavy atom. The van der Waals surface area contributed by atoms with Crippen molar-refractivity contribution >= 4 is 27.8 Å². The van der Waals surface area contributed by atoms with Crippen LogP contribution in [0.4, 0.5) is 18.9 Å². The smallest absolute Gasteiger partial charge is 0.417 e. The standard InChI is InChI=1S/C24H22F3N3O4S/c1-17-12-13-22(34-2)21(14-17)30(35(32,33)19-9-4-3-5-10-19)16-23(31)29-28-15-18-8-6-7-11-20(18)24(25,26)27/h3-15H,16H2,1-2H3,(H,29,31)/b28-15-. The van der Waals surface area contributed by atoms with E-state index in [9.17, 15) is 26.4 Å².